The molecule has 1 atom stereocenters. The van der Waals surface area contributed by atoms with E-state index in [-0.39, 0.29) is 25.9 Å². The SMILES string of the molecule is CC(NC(=O)Cn1ccc(=O)[nH]c1=O)C(=O)NCCCC(=O)O. The molecule has 0 aliphatic rings. The van der Waals surface area contributed by atoms with Gasteiger partial charge in [0, 0.05) is 25.2 Å². The molecule has 4 N–H and O–H groups in total. The minimum atomic E-state index is -0.952. The van der Waals surface area contributed by atoms with E-state index < -0.39 is 35.1 Å². The highest BCUT2D eigenvalue weighted by molar-refractivity contribution is 5.87. The molecule has 2 amide bonds. The van der Waals surface area contributed by atoms with E-state index in [9.17, 15) is 24.0 Å². The third-order valence-electron chi connectivity index (χ3n) is 2.85. The van der Waals surface area contributed by atoms with Crippen LogP contribution >= 0.6 is 0 Å². The van der Waals surface area contributed by atoms with Crippen molar-refractivity contribution in [2.24, 2.45) is 0 Å². The number of nitrogens with zero attached hydrogens (tertiary/aromatic N) is 1. The number of nitrogens with one attached hydrogen (secondary N) is 3. The van der Waals surface area contributed by atoms with E-state index in [1.54, 1.807) is 0 Å². The van der Waals surface area contributed by atoms with Gasteiger partial charge in [0.05, 0.1) is 0 Å². The van der Waals surface area contributed by atoms with Crippen molar-refractivity contribution in [3.63, 3.8) is 0 Å². The topological polar surface area (TPSA) is 150 Å². The number of aromatic amines is 1. The zero-order valence-electron chi connectivity index (χ0n) is 12.5. The Kier molecular flexibility index (Phi) is 6.71. The third kappa shape index (κ3) is 6.59. The summed E-state index contributed by atoms with van der Waals surface area (Å²) in [6.07, 6.45) is 1.40. The molecule has 1 heterocycles. The van der Waals surface area contributed by atoms with Gasteiger partial charge in [-0.15, -0.1) is 0 Å². The number of hydrogen-bond acceptors (Lipinski definition) is 5. The second-order valence-corrected chi connectivity index (χ2v) is 4.82. The number of carboxylic acids is 1. The number of hydrogen-bond donors (Lipinski definition) is 4. The van der Waals surface area contributed by atoms with Gasteiger partial charge in [0.2, 0.25) is 11.8 Å². The standard InChI is InChI=1S/C13H18N4O6/c1-8(12(22)14-5-2-3-11(20)21)15-10(19)7-17-6-4-9(18)16-13(17)23/h4,6,8H,2-3,5,7H2,1H3,(H,14,22)(H,15,19)(H,20,21)(H,16,18,23). The predicted molar refractivity (Wildman–Crippen MR) is 78.8 cm³/mol. The molecule has 1 aromatic rings. The number of amides is 2. The van der Waals surface area contributed by atoms with Crippen LogP contribution in [-0.4, -0.2) is 45.0 Å². The van der Waals surface area contributed by atoms with Crippen LogP contribution in [0.25, 0.3) is 0 Å². The van der Waals surface area contributed by atoms with Gasteiger partial charge >= 0.3 is 11.7 Å². The maximum atomic E-state index is 11.8. The van der Waals surface area contributed by atoms with Crippen molar-refractivity contribution in [3.05, 3.63) is 33.1 Å². The first-order chi connectivity index (χ1) is 10.8. The van der Waals surface area contributed by atoms with Gasteiger partial charge in [-0.2, -0.15) is 0 Å². The Labute approximate surface area is 130 Å². The summed E-state index contributed by atoms with van der Waals surface area (Å²) in [5.74, 6) is -1.99. The highest BCUT2D eigenvalue weighted by atomic mass is 16.4. The lowest BCUT2D eigenvalue weighted by Gasteiger charge is -2.14. The lowest BCUT2D eigenvalue weighted by atomic mass is 10.2. The van der Waals surface area contributed by atoms with Gasteiger partial charge in [-0.1, -0.05) is 0 Å². The molecule has 10 heteroatoms. The van der Waals surface area contributed by atoms with Gasteiger partial charge in [-0.3, -0.25) is 28.7 Å². The molecule has 0 saturated carbocycles. The molecule has 10 nitrogen and oxygen atoms in total. The lowest BCUT2D eigenvalue weighted by molar-refractivity contribution is -0.137. The Morgan fingerprint density at radius 3 is 2.65 bits per heavy atom. The fourth-order valence-electron chi connectivity index (χ4n) is 1.68. The maximum absolute atomic E-state index is 11.8. The predicted octanol–water partition coefficient (Wildman–Crippen LogP) is -1.98. The molecular formula is C13H18N4O6. The first-order valence-corrected chi connectivity index (χ1v) is 6.88. The first-order valence-electron chi connectivity index (χ1n) is 6.88. The number of aliphatic carboxylic acids is 1. The third-order valence-corrected chi connectivity index (χ3v) is 2.85. The van der Waals surface area contributed by atoms with Crippen LogP contribution in [-0.2, 0) is 20.9 Å². The Morgan fingerprint density at radius 1 is 1.35 bits per heavy atom. The second-order valence-electron chi connectivity index (χ2n) is 4.82. The molecule has 1 unspecified atom stereocenters. The van der Waals surface area contributed by atoms with Crippen molar-refractivity contribution in [1.82, 2.24) is 20.2 Å². The van der Waals surface area contributed by atoms with Crippen LogP contribution in [0, 0.1) is 0 Å². The van der Waals surface area contributed by atoms with Crippen LogP contribution in [0.15, 0.2) is 21.9 Å². The zero-order valence-corrected chi connectivity index (χ0v) is 12.5. The van der Waals surface area contributed by atoms with E-state index in [4.69, 9.17) is 5.11 Å². The van der Waals surface area contributed by atoms with Crippen LogP contribution in [0.4, 0.5) is 0 Å². The summed E-state index contributed by atoms with van der Waals surface area (Å²) in [4.78, 5) is 58.1. The Balaban J connectivity index is 2.43. The van der Waals surface area contributed by atoms with E-state index in [1.165, 1.54) is 13.1 Å². The molecule has 0 radical (unpaired) electrons. The molecule has 0 bridgehead atoms. The molecule has 0 aliphatic carbocycles. The fraction of sp³-hybridized carbons (Fsp3) is 0.462. The highest BCUT2D eigenvalue weighted by Crippen LogP contribution is 1.89. The van der Waals surface area contributed by atoms with Gasteiger partial charge in [0.25, 0.3) is 5.56 Å². The summed E-state index contributed by atoms with van der Waals surface area (Å²) in [7, 11) is 0. The van der Waals surface area contributed by atoms with E-state index in [2.05, 4.69) is 10.6 Å². The first kappa shape index (κ1) is 18.1. The average molecular weight is 326 g/mol. The molecule has 0 fully saturated rings. The van der Waals surface area contributed by atoms with Gasteiger partial charge in [-0.05, 0) is 13.3 Å². The summed E-state index contributed by atoms with van der Waals surface area (Å²) in [5.41, 5.74) is -1.29. The molecule has 23 heavy (non-hydrogen) atoms. The van der Waals surface area contributed by atoms with Gasteiger partial charge in [0.15, 0.2) is 0 Å². The number of carbonyl (C=O) groups excluding carboxylic acids is 2. The van der Waals surface area contributed by atoms with Crippen molar-refractivity contribution in [1.29, 1.82) is 0 Å². The normalized spacial score (nSPS) is 11.5. The fourth-order valence-corrected chi connectivity index (χ4v) is 1.68. The number of carboxylic acid groups (broad SMARTS) is 1. The smallest absolute Gasteiger partial charge is 0.328 e. The molecular weight excluding hydrogens is 308 g/mol. The Bertz CT molecular complexity index is 692. The highest BCUT2D eigenvalue weighted by Gasteiger charge is 2.15. The molecule has 0 aliphatic heterocycles. The largest absolute Gasteiger partial charge is 0.481 e. The maximum Gasteiger partial charge on any atom is 0.328 e. The van der Waals surface area contributed by atoms with Crippen molar-refractivity contribution in [2.75, 3.05) is 6.54 Å². The number of rotatable bonds is 8. The van der Waals surface area contributed by atoms with Crippen molar-refractivity contribution >= 4 is 17.8 Å². The van der Waals surface area contributed by atoms with Crippen LogP contribution in [0.3, 0.4) is 0 Å². The number of aromatic nitrogens is 2. The summed E-state index contributed by atoms with van der Waals surface area (Å²) in [6, 6.07) is 0.263. The quantitative estimate of drug-likeness (QED) is 0.407. The average Bonchev–Trinajstić information content (AvgIpc) is 2.46. The van der Waals surface area contributed by atoms with Crippen LogP contribution in [0.2, 0.25) is 0 Å². The summed E-state index contributed by atoms with van der Waals surface area (Å²) < 4.78 is 0.994. The van der Waals surface area contributed by atoms with Crippen LogP contribution in [0.5, 0.6) is 0 Å². The number of H-pyrrole nitrogens is 1. The minimum absolute atomic E-state index is 0.0594. The Morgan fingerprint density at radius 2 is 2.04 bits per heavy atom. The van der Waals surface area contributed by atoms with Crippen LogP contribution < -0.4 is 21.9 Å². The number of carbonyl (C=O) groups is 3. The molecule has 126 valence electrons. The lowest BCUT2D eigenvalue weighted by Crippen LogP contribution is -2.46. The summed E-state index contributed by atoms with van der Waals surface area (Å²) in [5, 5.41) is 13.4. The van der Waals surface area contributed by atoms with Crippen molar-refractivity contribution in [2.45, 2.75) is 32.4 Å². The second kappa shape index (κ2) is 8.51. The van der Waals surface area contributed by atoms with Crippen LogP contribution in [0.1, 0.15) is 19.8 Å². The minimum Gasteiger partial charge on any atom is -0.481 e. The Hall–Kier alpha value is -2.91. The van der Waals surface area contributed by atoms with E-state index in [0.717, 1.165) is 10.6 Å². The molecule has 0 spiro atoms. The molecule has 1 aromatic heterocycles. The van der Waals surface area contributed by atoms with Gasteiger partial charge in [0.1, 0.15) is 12.6 Å². The van der Waals surface area contributed by atoms with E-state index in [1.807, 2.05) is 4.98 Å². The van der Waals surface area contributed by atoms with Crippen molar-refractivity contribution in [3.8, 4) is 0 Å². The monoisotopic (exact) mass is 326 g/mol. The molecule has 0 saturated heterocycles. The molecule has 1 rings (SSSR count). The molecule has 0 aromatic carbocycles. The van der Waals surface area contributed by atoms with E-state index in [0.29, 0.717) is 0 Å². The van der Waals surface area contributed by atoms with Gasteiger partial charge < -0.3 is 15.7 Å². The summed E-state index contributed by atoms with van der Waals surface area (Å²) >= 11 is 0. The van der Waals surface area contributed by atoms with Gasteiger partial charge in [-0.25, -0.2) is 4.79 Å². The van der Waals surface area contributed by atoms with E-state index >= 15 is 0 Å². The summed E-state index contributed by atoms with van der Waals surface area (Å²) in [6.45, 7) is 1.30. The zero-order chi connectivity index (χ0) is 17.4. The van der Waals surface area contributed by atoms with Crippen molar-refractivity contribution < 1.29 is 19.5 Å².